The van der Waals surface area contributed by atoms with E-state index in [2.05, 4.69) is 20.4 Å². The van der Waals surface area contributed by atoms with E-state index in [1.54, 1.807) is 17.0 Å². The highest BCUT2D eigenvalue weighted by molar-refractivity contribution is 14.0. The Morgan fingerprint density at radius 3 is 2.45 bits per heavy atom. The van der Waals surface area contributed by atoms with Crippen LogP contribution >= 0.6 is 24.0 Å². The van der Waals surface area contributed by atoms with Gasteiger partial charge < -0.3 is 25.0 Å². The molecule has 1 aromatic rings. The quantitative estimate of drug-likeness (QED) is 0.262. The zero-order valence-corrected chi connectivity index (χ0v) is 19.7. The fourth-order valence-electron chi connectivity index (χ4n) is 2.53. The molecule has 0 heterocycles. The number of nitrogens with one attached hydrogen (secondary N) is 2. The van der Waals surface area contributed by atoms with Gasteiger partial charge in [-0.15, -0.1) is 24.0 Å². The van der Waals surface area contributed by atoms with Crippen LogP contribution in [0.5, 0.6) is 11.5 Å². The van der Waals surface area contributed by atoms with Crippen molar-refractivity contribution in [3.05, 3.63) is 23.8 Å². The van der Waals surface area contributed by atoms with Gasteiger partial charge in [0.1, 0.15) is 11.5 Å². The van der Waals surface area contributed by atoms with Crippen LogP contribution in [0.2, 0.25) is 0 Å². The van der Waals surface area contributed by atoms with E-state index in [4.69, 9.17) is 4.74 Å². The third-order valence-electron chi connectivity index (χ3n) is 3.99. The summed E-state index contributed by atoms with van der Waals surface area (Å²) in [4.78, 5) is 18.2. The van der Waals surface area contributed by atoms with Gasteiger partial charge in [-0.3, -0.25) is 4.79 Å². The number of benzene rings is 1. The lowest BCUT2D eigenvalue weighted by molar-refractivity contribution is -0.130. The van der Waals surface area contributed by atoms with E-state index in [9.17, 15) is 13.6 Å². The highest BCUT2D eigenvalue weighted by atomic mass is 127. The van der Waals surface area contributed by atoms with Crippen LogP contribution in [0.1, 0.15) is 32.8 Å². The molecule has 0 aromatic heterocycles. The number of alkyl halides is 2. The Bertz CT molecular complexity index is 644. The molecule has 1 aromatic carbocycles. The Morgan fingerprint density at radius 1 is 1.21 bits per heavy atom. The SMILES string of the molecule is CCNC(=NCc1ccc(OC)cc1OC(F)F)NCCC(=O)N(CC)CC.I. The molecule has 166 valence electrons. The van der Waals surface area contributed by atoms with Gasteiger partial charge in [0, 0.05) is 44.2 Å². The first-order valence-electron chi connectivity index (χ1n) is 9.36. The Labute approximate surface area is 188 Å². The van der Waals surface area contributed by atoms with Gasteiger partial charge in [0.05, 0.1) is 13.7 Å². The van der Waals surface area contributed by atoms with Crippen molar-refractivity contribution in [1.29, 1.82) is 0 Å². The number of guanidine groups is 1. The average Bonchev–Trinajstić information content (AvgIpc) is 2.67. The Hall–Kier alpha value is -1.85. The van der Waals surface area contributed by atoms with E-state index in [1.165, 1.54) is 13.2 Å². The van der Waals surface area contributed by atoms with Crippen molar-refractivity contribution in [2.24, 2.45) is 4.99 Å². The van der Waals surface area contributed by atoms with E-state index in [0.717, 1.165) is 0 Å². The molecule has 0 aliphatic rings. The molecule has 0 atom stereocenters. The molecular weight excluding hydrogens is 497 g/mol. The van der Waals surface area contributed by atoms with Gasteiger partial charge in [-0.1, -0.05) is 0 Å². The molecule has 1 rings (SSSR count). The smallest absolute Gasteiger partial charge is 0.387 e. The predicted octanol–water partition coefficient (Wildman–Crippen LogP) is 3.23. The van der Waals surface area contributed by atoms with E-state index >= 15 is 0 Å². The number of hydrogen-bond donors (Lipinski definition) is 2. The minimum absolute atomic E-state index is 0. The molecule has 0 unspecified atom stereocenters. The van der Waals surface area contributed by atoms with Crippen LogP contribution < -0.4 is 20.1 Å². The van der Waals surface area contributed by atoms with E-state index in [-0.39, 0.29) is 42.2 Å². The number of halogens is 3. The molecule has 7 nitrogen and oxygen atoms in total. The fourth-order valence-corrected chi connectivity index (χ4v) is 2.53. The van der Waals surface area contributed by atoms with Crippen molar-refractivity contribution in [2.45, 2.75) is 40.3 Å². The number of methoxy groups -OCH3 is 1. The number of carbonyl (C=O) groups excluding carboxylic acids is 1. The summed E-state index contributed by atoms with van der Waals surface area (Å²) in [5, 5.41) is 6.15. The summed E-state index contributed by atoms with van der Waals surface area (Å²) in [5.41, 5.74) is 0.498. The summed E-state index contributed by atoms with van der Waals surface area (Å²) >= 11 is 0. The Morgan fingerprint density at radius 2 is 1.90 bits per heavy atom. The maximum atomic E-state index is 12.7. The molecule has 0 spiro atoms. The molecule has 0 aliphatic heterocycles. The standard InChI is InChI=1S/C19H30F2N4O3.HI/c1-5-22-19(23-11-10-17(26)25(6-2)7-3)24-13-14-8-9-15(27-4)12-16(14)28-18(20)21;/h8-9,12,18H,5-7,10-11,13H2,1-4H3,(H2,22,23,24);1H. The van der Waals surface area contributed by atoms with Gasteiger partial charge in [0.25, 0.3) is 0 Å². The van der Waals surface area contributed by atoms with Crippen LogP contribution in [-0.4, -0.2) is 56.7 Å². The van der Waals surface area contributed by atoms with Crippen molar-refractivity contribution in [2.75, 3.05) is 33.3 Å². The average molecular weight is 528 g/mol. The van der Waals surface area contributed by atoms with Gasteiger partial charge in [0.2, 0.25) is 5.91 Å². The van der Waals surface area contributed by atoms with Crippen molar-refractivity contribution in [3.63, 3.8) is 0 Å². The molecule has 0 aliphatic carbocycles. The zero-order valence-electron chi connectivity index (χ0n) is 17.3. The predicted molar refractivity (Wildman–Crippen MR) is 120 cm³/mol. The zero-order chi connectivity index (χ0) is 20.9. The van der Waals surface area contributed by atoms with Gasteiger partial charge in [-0.2, -0.15) is 8.78 Å². The monoisotopic (exact) mass is 528 g/mol. The minimum Gasteiger partial charge on any atom is -0.497 e. The van der Waals surface area contributed by atoms with Crippen molar-refractivity contribution in [3.8, 4) is 11.5 Å². The molecule has 2 N–H and O–H groups in total. The Balaban J connectivity index is 0.00000784. The molecule has 0 fully saturated rings. The van der Waals surface area contributed by atoms with Crippen LogP contribution in [0.25, 0.3) is 0 Å². The second kappa shape index (κ2) is 15.1. The normalized spacial score (nSPS) is 10.9. The first-order chi connectivity index (χ1) is 13.4. The van der Waals surface area contributed by atoms with E-state index in [0.29, 0.717) is 49.9 Å². The van der Waals surface area contributed by atoms with Crippen LogP contribution in [0.4, 0.5) is 8.78 Å². The second-order valence-electron chi connectivity index (χ2n) is 5.79. The first kappa shape index (κ1) is 27.1. The molecule has 1 amide bonds. The van der Waals surface area contributed by atoms with Crippen molar-refractivity contribution < 1.29 is 23.0 Å². The minimum atomic E-state index is -2.94. The maximum absolute atomic E-state index is 12.7. The van der Waals surface area contributed by atoms with Crippen LogP contribution in [-0.2, 0) is 11.3 Å². The van der Waals surface area contributed by atoms with Crippen LogP contribution in [0.15, 0.2) is 23.2 Å². The summed E-state index contributed by atoms with van der Waals surface area (Å²) in [6.45, 7) is 5.38. The maximum Gasteiger partial charge on any atom is 0.387 e. The largest absolute Gasteiger partial charge is 0.497 e. The molecule has 0 radical (unpaired) electrons. The molecule has 29 heavy (non-hydrogen) atoms. The highest BCUT2D eigenvalue weighted by Crippen LogP contribution is 2.27. The summed E-state index contributed by atoms with van der Waals surface area (Å²) in [6.07, 6.45) is 0.342. The fraction of sp³-hybridized carbons (Fsp3) is 0.579. The van der Waals surface area contributed by atoms with Gasteiger partial charge in [-0.05, 0) is 32.9 Å². The number of carbonyl (C=O) groups is 1. The van der Waals surface area contributed by atoms with Gasteiger partial charge >= 0.3 is 6.61 Å². The van der Waals surface area contributed by atoms with Crippen LogP contribution in [0.3, 0.4) is 0 Å². The summed E-state index contributed by atoms with van der Waals surface area (Å²) in [7, 11) is 1.45. The number of nitrogens with zero attached hydrogens (tertiary/aromatic N) is 2. The van der Waals surface area contributed by atoms with Gasteiger partial charge in [0.15, 0.2) is 5.96 Å². The lowest BCUT2D eigenvalue weighted by Gasteiger charge is -2.19. The molecule has 0 saturated carbocycles. The third-order valence-corrected chi connectivity index (χ3v) is 3.99. The number of ether oxygens (including phenoxy) is 2. The summed E-state index contributed by atoms with van der Waals surface area (Å²) < 4.78 is 34.9. The Kier molecular flexibility index (Phi) is 14.1. The summed E-state index contributed by atoms with van der Waals surface area (Å²) in [6, 6.07) is 4.69. The van der Waals surface area contributed by atoms with Crippen molar-refractivity contribution in [1.82, 2.24) is 15.5 Å². The second-order valence-corrected chi connectivity index (χ2v) is 5.79. The van der Waals surface area contributed by atoms with E-state index < -0.39 is 6.61 Å². The summed E-state index contributed by atoms with van der Waals surface area (Å²) in [5.74, 6) is 0.999. The lowest BCUT2D eigenvalue weighted by Crippen LogP contribution is -2.40. The highest BCUT2D eigenvalue weighted by Gasteiger charge is 2.12. The lowest BCUT2D eigenvalue weighted by atomic mass is 10.2. The third kappa shape index (κ3) is 9.95. The van der Waals surface area contributed by atoms with Gasteiger partial charge in [-0.25, -0.2) is 4.99 Å². The number of hydrogen-bond acceptors (Lipinski definition) is 4. The first-order valence-corrected chi connectivity index (χ1v) is 9.36. The number of aliphatic imine (C=N–C) groups is 1. The molecule has 10 heteroatoms. The number of amides is 1. The molecule has 0 saturated heterocycles. The van der Waals surface area contributed by atoms with Crippen molar-refractivity contribution >= 4 is 35.8 Å². The number of rotatable bonds is 11. The van der Waals surface area contributed by atoms with Crippen LogP contribution in [0, 0.1) is 0 Å². The molecule has 0 bridgehead atoms. The molecular formula is C19H31F2IN4O3. The van der Waals surface area contributed by atoms with E-state index in [1.807, 2.05) is 20.8 Å². The topological polar surface area (TPSA) is 75.2 Å².